The van der Waals surface area contributed by atoms with Gasteiger partial charge in [0.05, 0.1) is 12.2 Å². The maximum atomic E-state index is 6.84. The summed E-state index contributed by atoms with van der Waals surface area (Å²) in [6.45, 7) is 9.77. The molecule has 22 heavy (non-hydrogen) atoms. The molecule has 2 heteroatoms. The topological polar surface area (TPSA) is 21.8 Å². The standard InChI is InChI=1S/C20H32O2/c1-17(2)10-6-11-19-14(15(17)21-19)13-7-5-9-18(3,4)16-20(19,22-16)12-8-13/h13-16H,5-12H2,1-4H3. The van der Waals surface area contributed by atoms with Crippen LogP contribution in [0.1, 0.15) is 79.1 Å². The molecule has 6 unspecified atom stereocenters. The van der Waals surface area contributed by atoms with Crippen molar-refractivity contribution in [2.45, 2.75) is 102 Å². The van der Waals surface area contributed by atoms with Crippen LogP contribution in [0.2, 0.25) is 0 Å². The smallest absolute Gasteiger partial charge is 0.124 e. The lowest BCUT2D eigenvalue weighted by molar-refractivity contribution is -0.338. The Morgan fingerprint density at radius 2 is 1.50 bits per heavy atom. The van der Waals surface area contributed by atoms with Crippen molar-refractivity contribution in [1.29, 1.82) is 0 Å². The molecule has 5 rings (SSSR count). The Morgan fingerprint density at radius 3 is 2.32 bits per heavy atom. The summed E-state index contributed by atoms with van der Waals surface area (Å²) in [5.74, 6) is 1.66. The quantitative estimate of drug-likeness (QED) is 0.605. The van der Waals surface area contributed by atoms with Gasteiger partial charge in [0.25, 0.3) is 0 Å². The Labute approximate surface area is 135 Å². The first-order chi connectivity index (χ1) is 10.3. The van der Waals surface area contributed by atoms with E-state index in [-0.39, 0.29) is 11.2 Å². The van der Waals surface area contributed by atoms with Gasteiger partial charge >= 0.3 is 0 Å². The zero-order valence-corrected chi connectivity index (χ0v) is 14.8. The molecule has 2 saturated carbocycles. The molecule has 6 atom stereocenters. The number of ether oxygens (including phenoxy) is 2. The fourth-order valence-electron chi connectivity index (χ4n) is 7.14. The number of fused-ring (bicyclic) bond motifs is 1. The number of hydrogen-bond donors (Lipinski definition) is 0. The van der Waals surface area contributed by atoms with Crippen molar-refractivity contribution in [1.82, 2.24) is 0 Å². The summed E-state index contributed by atoms with van der Waals surface area (Å²) in [5.41, 5.74) is 0.851. The first-order valence-electron chi connectivity index (χ1n) is 9.68. The summed E-state index contributed by atoms with van der Waals surface area (Å²) in [6.07, 6.45) is 11.6. The van der Waals surface area contributed by atoms with Gasteiger partial charge in [-0.25, -0.2) is 0 Å². The van der Waals surface area contributed by atoms with Gasteiger partial charge < -0.3 is 9.47 Å². The van der Waals surface area contributed by atoms with Crippen LogP contribution in [-0.4, -0.2) is 23.4 Å². The number of epoxide rings is 1. The van der Waals surface area contributed by atoms with Crippen molar-refractivity contribution in [3.05, 3.63) is 0 Å². The molecule has 0 radical (unpaired) electrons. The highest BCUT2D eigenvalue weighted by molar-refractivity contribution is 5.30. The summed E-state index contributed by atoms with van der Waals surface area (Å²) in [4.78, 5) is 0. The molecule has 3 saturated heterocycles. The Bertz CT molecular complexity index is 510. The molecule has 5 aliphatic rings. The summed E-state index contributed by atoms with van der Waals surface area (Å²) >= 11 is 0. The second-order valence-electron chi connectivity index (χ2n) is 10.4. The van der Waals surface area contributed by atoms with Crippen molar-refractivity contribution >= 4 is 0 Å². The molecule has 0 aromatic heterocycles. The monoisotopic (exact) mass is 304 g/mol. The Hall–Kier alpha value is -0.0800. The highest BCUT2D eigenvalue weighted by atomic mass is 16.7. The van der Waals surface area contributed by atoms with Crippen molar-refractivity contribution in [2.75, 3.05) is 0 Å². The predicted molar refractivity (Wildman–Crippen MR) is 86.7 cm³/mol. The zero-order chi connectivity index (χ0) is 15.4. The van der Waals surface area contributed by atoms with Crippen LogP contribution in [0.25, 0.3) is 0 Å². The SMILES string of the molecule is CC1(C)CCCC23OC1C2C1CCCC(C)(C)C2OC23CC1. The first kappa shape index (κ1) is 14.3. The Balaban J connectivity index is 1.62. The molecule has 124 valence electrons. The van der Waals surface area contributed by atoms with E-state index in [4.69, 9.17) is 9.47 Å². The van der Waals surface area contributed by atoms with Crippen LogP contribution < -0.4 is 0 Å². The van der Waals surface area contributed by atoms with Gasteiger partial charge in [-0.05, 0) is 61.7 Å². The summed E-state index contributed by atoms with van der Waals surface area (Å²) < 4.78 is 13.4. The summed E-state index contributed by atoms with van der Waals surface area (Å²) in [6, 6.07) is 0. The third kappa shape index (κ3) is 1.46. The van der Waals surface area contributed by atoms with Gasteiger partial charge in [0.15, 0.2) is 0 Å². The molecule has 0 amide bonds. The van der Waals surface area contributed by atoms with Crippen molar-refractivity contribution in [2.24, 2.45) is 22.7 Å². The van der Waals surface area contributed by atoms with E-state index >= 15 is 0 Å². The van der Waals surface area contributed by atoms with E-state index in [0.29, 0.717) is 23.0 Å². The van der Waals surface area contributed by atoms with Gasteiger partial charge in [0.1, 0.15) is 11.2 Å². The minimum atomic E-state index is 0.0823. The van der Waals surface area contributed by atoms with Crippen molar-refractivity contribution in [3.63, 3.8) is 0 Å². The molecule has 5 fully saturated rings. The fraction of sp³-hybridized carbons (Fsp3) is 1.00. The van der Waals surface area contributed by atoms with Crippen LogP contribution in [-0.2, 0) is 9.47 Å². The lowest BCUT2D eigenvalue weighted by atomic mass is 9.52. The second kappa shape index (κ2) is 3.94. The van der Waals surface area contributed by atoms with Crippen molar-refractivity contribution in [3.8, 4) is 0 Å². The highest BCUT2D eigenvalue weighted by Gasteiger charge is 2.82. The van der Waals surface area contributed by atoms with Gasteiger partial charge in [-0.2, -0.15) is 0 Å². The van der Waals surface area contributed by atoms with Gasteiger partial charge in [-0.15, -0.1) is 0 Å². The predicted octanol–water partition coefficient (Wildman–Crippen LogP) is 4.71. The van der Waals surface area contributed by atoms with Gasteiger partial charge in [0.2, 0.25) is 0 Å². The third-order valence-electron chi connectivity index (χ3n) is 8.25. The number of hydrogen-bond acceptors (Lipinski definition) is 2. The summed E-state index contributed by atoms with van der Waals surface area (Å²) in [7, 11) is 0. The van der Waals surface area contributed by atoms with E-state index in [1.165, 1.54) is 51.4 Å². The van der Waals surface area contributed by atoms with Crippen LogP contribution in [0, 0.1) is 22.7 Å². The Morgan fingerprint density at radius 1 is 0.727 bits per heavy atom. The van der Waals surface area contributed by atoms with Gasteiger partial charge in [0, 0.05) is 5.92 Å². The van der Waals surface area contributed by atoms with Crippen molar-refractivity contribution < 1.29 is 9.47 Å². The largest absolute Gasteiger partial charge is 0.367 e. The van der Waals surface area contributed by atoms with E-state index in [1.54, 1.807) is 0 Å². The maximum absolute atomic E-state index is 6.84. The van der Waals surface area contributed by atoms with Crippen LogP contribution >= 0.6 is 0 Å². The van der Waals surface area contributed by atoms with E-state index in [9.17, 15) is 0 Å². The highest BCUT2D eigenvalue weighted by Crippen LogP contribution is 2.73. The molecule has 0 aromatic carbocycles. The Kier molecular flexibility index (Phi) is 2.56. The first-order valence-corrected chi connectivity index (χ1v) is 9.68. The van der Waals surface area contributed by atoms with E-state index in [1.807, 2.05) is 0 Å². The molecule has 2 nitrogen and oxygen atoms in total. The fourth-order valence-corrected chi connectivity index (χ4v) is 7.14. The molecule has 0 N–H and O–H groups in total. The van der Waals surface area contributed by atoms with Gasteiger partial charge in [-0.3, -0.25) is 0 Å². The number of rotatable bonds is 0. The maximum Gasteiger partial charge on any atom is 0.124 e. The lowest BCUT2D eigenvalue weighted by Crippen LogP contribution is -2.74. The molecule has 3 heterocycles. The molecule has 0 aromatic rings. The van der Waals surface area contributed by atoms with E-state index in [0.717, 1.165) is 11.8 Å². The third-order valence-corrected chi connectivity index (χ3v) is 8.25. The van der Waals surface area contributed by atoms with Crippen LogP contribution in [0.4, 0.5) is 0 Å². The zero-order valence-electron chi connectivity index (χ0n) is 14.8. The minimum absolute atomic E-state index is 0.0823. The van der Waals surface area contributed by atoms with Crippen LogP contribution in [0.3, 0.4) is 0 Å². The molecular weight excluding hydrogens is 272 g/mol. The average molecular weight is 304 g/mol. The normalized spacial score (nSPS) is 57.3. The van der Waals surface area contributed by atoms with E-state index < -0.39 is 0 Å². The molecule has 3 aliphatic heterocycles. The van der Waals surface area contributed by atoms with Crippen LogP contribution in [0.15, 0.2) is 0 Å². The minimum Gasteiger partial charge on any atom is -0.367 e. The average Bonchev–Trinajstić information content (AvgIpc) is 3.14. The molecule has 2 aliphatic carbocycles. The molecule has 2 spiro atoms. The van der Waals surface area contributed by atoms with E-state index in [2.05, 4.69) is 27.7 Å². The van der Waals surface area contributed by atoms with Crippen LogP contribution in [0.5, 0.6) is 0 Å². The molecule has 4 bridgehead atoms. The summed E-state index contributed by atoms with van der Waals surface area (Å²) in [5, 5.41) is 0. The second-order valence-corrected chi connectivity index (χ2v) is 10.4. The lowest BCUT2D eigenvalue weighted by Gasteiger charge is -2.65. The molecular formula is C20H32O2. The van der Waals surface area contributed by atoms with Gasteiger partial charge in [-0.1, -0.05) is 34.1 Å².